The van der Waals surface area contributed by atoms with Crippen LogP contribution in [-0.2, 0) is 6.54 Å². The third-order valence-electron chi connectivity index (χ3n) is 1.78. The Kier molecular flexibility index (Phi) is 4.86. The Morgan fingerprint density at radius 3 is 3.08 bits per heavy atom. The molecule has 13 heavy (non-hydrogen) atoms. The molecule has 0 aromatic carbocycles. The van der Waals surface area contributed by atoms with Crippen LogP contribution in [0.3, 0.4) is 0 Å². The van der Waals surface area contributed by atoms with Crippen molar-refractivity contribution in [3.05, 3.63) is 23.9 Å². The second kappa shape index (κ2) is 6.00. The monoisotopic (exact) mass is 196 g/mol. The lowest BCUT2D eigenvalue weighted by atomic mass is 10.3. The summed E-state index contributed by atoms with van der Waals surface area (Å²) in [5.41, 5.74) is 6.70. The summed E-state index contributed by atoms with van der Waals surface area (Å²) in [5.74, 6) is 1.15. The normalized spacial score (nSPS) is 10.3. The number of rotatable bonds is 5. The molecule has 0 atom stereocenters. The molecular formula is C10H16N2S. The molecule has 0 radical (unpaired) electrons. The smallest absolute Gasteiger partial charge is 0.0963 e. The van der Waals surface area contributed by atoms with Crippen LogP contribution in [0.2, 0.25) is 0 Å². The van der Waals surface area contributed by atoms with E-state index in [1.54, 1.807) is 0 Å². The quantitative estimate of drug-likeness (QED) is 0.580. The average molecular weight is 196 g/mol. The molecule has 1 heterocycles. The second-order valence-corrected chi connectivity index (χ2v) is 4.02. The summed E-state index contributed by atoms with van der Waals surface area (Å²) in [4.78, 5) is 4.27. The van der Waals surface area contributed by atoms with Crippen molar-refractivity contribution in [3.8, 4) is 0 Å². The highest BCUT2D eigenvalue weighted by atomic mass is 32.2. The maximum absolute atomic E-state index is 5.54. The summed E-state index contributed by atoms with van der Waals surface area (Å²) in [5, 5.41) is 1.09. The van der Waals surface area contributed by atoms with Gasteiger partial charge in [-0.15, -0.1) is 11.8 Å². The Hall–Kier alpha value is -0.540. The van der Waals surface area contributed by atoms with Gasteiger partial charge < -0.3 is 5.73 Å². The van der Waals surface area contributed by atoms with Crippen molar-refractivity contribution in [2.45, 2.75) is 31.3 Å². The van der Waals surface area contributed by atoms with E-state index in [0.717, 1.165) is 16.3 Å². The first-order chi connectivity index (χ1) is 6.36. The van der Waals surface area contributed by atoms with E-state index in [9.17, 15) is 0 Å². The van der Waals surface area contributed by atoms with Crippen LogP contribution in [0, 0.1) is 0 Å². The molecule has 2 N–H and O–H groups in total. The van der Waals surface area contributed by atoms with Crippen LogP contribution in [0.15, 0.2) is 23.4 Å². The Bertz CT molecular complexity index is 250. The highest BCUT2D eigenvalue weighted by Gasteiger charge is 1.96. The first-order valence-electron chi connectivity index (χ1n) is 4.64. The standard InChI is InChI=1S/C10H16N2S/c1-2-3-6-13-10-7-9(8-11)4-5-12-10/h4-5,7H,2-3,6,8,11H2,1H3. The Labute approximate surface area is 83.9 Å². The number of nitrogens with zero attached hydrogens (tertiary/aromatic N) is 1. The van der Waals surface area contributed by atoms with E-state index in [1.807, 2.05) is 24.0 Å². The van der Waals surface area contributed by atoms with Gasteiger partial charge >= 0.3 is 0 Å². The maximum atomic E-state index is 5.54. The molecule has 0 aliphatic rings. The van der Waals surface area contributed by atoms with Crippen LogP contribution in [0.25, 0.3) is 0 Å². The number of hydrogen-bond acceptors (Lipinski definition) is 3. The lowest BCUT2D eigenvalue weighted by Crippen LogP contribution is -1.96. The number of unbranched alkanes of at least 4 members (excludes halogenated alkanes) is 1. The molecule has 3 heteroatoms. The van der Waals surface area contributed by atoms with Gasteiger partial charge in [0.05, 0.1) is 5.03 Å². The van der Waals surface area contributed by atoms with Gasteiger partial charge in [0, 0.05) is 12.7 Å². The molecule has 72 valence electrons. The molecule has 0 unspecified atom stereocenters. The molecule has 0 saturated carbocycles. The molecule has 1 aromatic heterocycles. The zero-order chi connectivity index (χ0) is 9.52. The summed E-state index contributed by atoms with van der Waals surface area (Å²) in [6.45, 7) is 2.80. The number of hydrogen-bond donors (Lipinski definition) is 1. The summed E-state index contributed by atoms with van der Waals surface area (Å²) < 4.78 is 0. The predicted molar refractivity (Wildman–Crippen MR) is 57.8 cm³/mol. The van der Waals surface area contributed by atoms with Crippen LogP contribution < -0.4 is 5.73 Å². The third kappa shape index (κ3) is 3.79. The average Bonchev–Trinajstić information content (AvgIpc) is 2.19. The first-order valence-corrected chi connectivity index (χ1v) is 5.63. The molecule has 1 rings (SSSR count). The molecule has 1 aromatic rings. The van der Waals surface area contributed by atoms with Gasteiger partial charge in [-0.2, -0.15) is 0 Å². The van der Waals surface area contributed by atoms with Gasteiger partial charge in [0.15, 0.2) is 0 Å². The van der Waals surface area contributed by atoms with Crippen molar-refractivity contribution < 1.29 is 0 Å². The molecule has 0 amide bonds. The van der Waals surface area contributed by atoms with Crippen LogP contribution in [0.1, 0.15) is 25.3 Å². The Morgan fingerprint density at radius 2 is 2.38 bits per heavy atom. The van der Waals surface area contributed by atoms with E-state index in [1.165, 1.54) is 12.8 Å². The summed E-state index contributed by atoms with van der Waals surface area (Å²) in [7, 11) is 0. The lowest BCUT2D eigenvalue weighted by molar-refractivity contribution is 0.894. The van der Waals surface area contributed by atoms with Crippen molar-refractivity contribution in [3.63, 3.8) is 0 Å². The fourth-order valence-electron chi connectivity index (χ4n) is 0.977. The minimum atomic E-state index is 0.601. The highest BCUT2D eigenvalue weighted by molar-refractivity contribution is 7.99. The number of thioether (sulfide) groups is 1. The van der Waals surface area contributed by atoms with E-state index < -0.39 is 0 Å². The predicted octanol–water partition coefficient (Wildman–Crippen LogP) is 2.43. The fraction of sp³-hybridized carbons (Fsp3) is 0.500. The summed E-state index contributed by atoms with van der Waals surface area (Å²) in [6, 6.07) is 4.03. The van der Waals surface area contributed by atoms with Crippen LogP contribution in [-0.4, -0.2) is 10.7 Å². The van der Waals surface area contributed by atoms with Crippen molar-refractivity contribution in [2.75, 3.05) is 5.75 Å². The van der Waals surface area contributed by atoms with Gasteiger partial charge in [-0.3, -0.25) is 0 Å². The van der Waals surface area contributed by atoms with Gasteiger partial charge in [0.2, 0.25) is 0 Å². The zero-order valence-electron chi connectivity index (χ0n) is 7.99. The van der Waals surface area contributed by atoms with Gasteiger partial charge in [0.1, 0.15) is 0 Å². The van der Waals surface area contributed by atoms with Gasteiger partial charge in [-0.1, -0.05) is 13.3 Å². The van der Waals surface area contributed by atoms with Crippen molar-refractivity contribution in [2.24, 2.45) is 5.73 Å². The molecule has 0 spiro atoms. The highest BCUT2D eigenvalue weighted by Crippen LogP contribution is 2.17. The van der Waals surface area contributed by atoms with E-state index in [2.05, 4.69) is 18.0 Å². The molecule has 0 bridgehead atoms. The Balaban J connectivity index is 2.46. The van der Waals surface area contributed by atoms with E-state index in [-0.39, 0.29) is 0 Å². The second-order valence-electron chi connectivity index (χ2n) is 2.91. The minimum Gasteiger partial charge on any atom is -0.326 e. The molecule has 0 saturated heterocycles. The molecule has 0 aliphatic heterocycles. The SMILES string of the molecule is CCCCSc1cc(CN)ccn1. The van der Waals surface area contributed by atoms with E-state index in [0.29, 0.717) is 6.54 Å². The number of aromatic nitrogens is 1. The van der Waals surface area contributed by atoms with Crippen molar-refractivity contribution in [1.82, 2.24) is 4.98 Å². The Morgan fingerprint density at radius 1 is 1.54 bits per heavy atom. The minimum absolute atomic E-state index is 0.601. The lowest BCUT2D eigenvalue weighted by Gasteiger charge is -2.01. The van der Waals surface area contributed by atoms with Crippen molar-refractivity contribution >= 4 is 11.8 Å². The summed E-state index contributed by atoms with van der Waals surface area (Å²) in [6.07, 6.45) is 4.32. The maximum Gasteiger partial charge on any atom is 0.0963 e. The van der Waals surface area contributed by atoms with E-state index >= 15 is 0 Å². The number of pyridine rings is 1. The molecule has 0 fully saturated rings. The van der Waals surface area contributed by atoms with Crippen LogP contribution in [0.5, 0.6) is 0 Å². The molecular weight excluding hydrogens is 180 g/mol. The topological polar surface area (TPSA) is 38.9 Å². The van der Waals surface area contributed by atoms with Gasteiger partial charge in [0.25, 0.3) is 0 Å². The number of nitrogens with two attached hydrogens (primary N) is 1. The summed E-state index contributed by atoms with van der Waals surface area (Å²) >= 11 is 1.81. The van der Waals surface area contributed by atoms with E-state index in [4.69, 9.17) is 5.73 Å². The van der Waals surface area contributed by atoms with Crippen LogP contribution >= 0.6 is 11.8 Å². The zero-order valence-corrected chi connectivity index (χ0v) is 8.81. The largest absolute Gasteiger partial charge is 0.326 e. The molecule has 0 aliphatic carbocycles. The fourth-order valence-corrected chi connectivity index (χ4v) is 1.99. The first kappa shape index (κ1) is 10.5. The molecule has 2 nitrogen and oxygen atoms in total. The van der Waals surface area contributed by atoms with Crippen LogP contribution in [0.4, 0.5) is 0 Å². The van der Waals surface area contributed by atoms with Crippen molar-refractivity contribution in [1.29, 1.82) is 0 Å². The van der Waals surface area contributed by atoms with Gasteiger partial charge in [-0.05, 0) is 29.9 Å². The third-order valence-corrected chi connectivity index (χ3v) is 2.79. The van der Waals surface area contributed by atoms with Gasteiger partial charge in [-0.25, -0.2) is 4.98 Å².